The zero-order valence-electron chi connectivity index (χ0n) is 12.7. The Kier molecular flexibility index (Phi) is 5.25. The van der Waals surface area contributed by atoms with Gasteiger partial charge in [0.25, 0.3) is 15.8 Å². The van der Waals surface area contributed by atoms with Gasteiger partial charge in [-0.15, -0.1) is 12.4 Å². The first-order valence-electron chi connectivity index (χ1n) is 6.62. The Labute approximate surface area is 167 Å². The number of hydrogen-bond acceptors (Lipinski definition) is 7. The van der Waals surface area contributed by atoms with Crippen LogP contribution in [0.3, 0.4) is 0 Å². The third-order valence-corrected chi connectivity index (χ3v) is 5.40. The molecule has 1 aliphatic rings. The summed E-state index contributed by atoms with van der Waals surface area (Å²) in [6.45, 7) is 0. The van der Waals surface area contributed by atoms with Gasteiger partial charge in [-0.05, 0) is 12.1 Å². The van der Waals surface area contributed by atoms with Crippen LogP contribution in [0.5, 0.6) is 0 Å². The molecule has 0 aliphatic heterocycles. The average molecular weight is 454 g/mol. The number of ketones is 2. The Balaban J connectivity index is 0.00000261. The molecule has 27 heavy (non-hydrogen) atoms. The van der Waals surface area contributed by atoms with Crippen LogP contribution < -0.4 is 5.73 Å². The summed E-state index contributed by atoms with van der Waals surface area (Å²) in [7, 11) is -5.00. The molecule has 3 rings (SSSR count). The molecule has 142 valence electrons. The summed E-state index contributed by atoms with van der Waals surface area (Å²) in [5, 5.41) is 11.2. The van der Waals surface area contributed by atoms with Crippen LogP contribution in [0.15, 0.2) is 23.1 Å². The van der Waals surface area contributed by atoms with Crippen molar-refractivity contribution in [2.75, 3.05) is 5.73 Å². The third kappa shape index (κ3) is 3.15. The molecule has 0 radical (unpaired) electrons. The number of carbonyl (C=O) groups excluding carboxylic acids is 2. The van der Waals surface area contributed by atoms with Crippen molar-refractivity contribution in [3.8, 4) is 0 Å². The molecule has 3 N–H and O–H groups in total. The van der Waals surface area contributed by atoms with E-state index < -0.39 is 54.0 Å². The highest BCUT2D eigenvalue weighted by Crippen LogP contribution is 2.41. The van der Waals surface area contributed by atoms with E-state index in [1.54, 1.807) is 0 Å². The molecular formula is C14H7Cl3N2O7S. The fourth-order valence-corrected chi connectivity index (χ4v) is 3.64. The van der Waals surface area contributed by atoms with Crippen molar-refractivity contribution in [1.82, 2.24) is 0 Å². The molecule has 0 aromatic heterocycles. The minimum absolute atomic E-state index is 0. The van der Waals surface area contributed by atoms with Crippen LogP contribution >= 0.6 is 35.6 Å². The molecule has 2 aromatic rings. The Hall–Kier alpha value is -2.24. The van der Waals surface area contributed by atoms with Gasteiger partial charge in [0.1, 0.15) is 10.5 Å². The van der Waals surface area contributed by atoms with E-state index >= 15 is 0 Å². The van der Waals surface area contributed by atoms with Crippen molar-refractivity contribution in [3.63, 3.8) is 0 Å². The molecule has 0 saturated carbocycles. The van der Waals surface area contributed by atoms with Gasteiger partial charge in [-0.3, -0.25) is 24.3 Å². The number of fused-ring (bicyclic) bond motifs is 2. The summed E-state index contributed by atoms with van der Waals surface area (Å²) >= 11 is 11.7. The second-order valence-corrected chi connectivity index (χ2v) is 7.46. The fourth-order valence-electron chi connectivity index (χ4n) is 2.68. The molecule has 0 fully saturated rings. The molecule has 0 heterocycles. The van der Waals surface area contributed by atoms with Crippen molar-refractivity contribution in [1.29, 1.82) is 0 Å². The Morgan fingerprint density at radius 2 is 1.44 bits per heavy atom. The molecule has 0 saturated heterocycles. The summed E-state index contributed by atoms with van der Waals surface area (Å²) in [4.78, 5) is 34.7. The van der Waals surface area contributed by atoms with E-state index in [2.05, 4.69) is 0 Å². The lowest BCUT2D eigenvalue weighted by Crippen LogP contribution is -2.25. The normalized spacial score (nSPS) is 12.9. The lowest BCUT2D eigenvalue weighted by Gasteiger charge is -2.20. The van der Waals surface area contributed by atoms with Gasteiger partial charge in [-0.25, -0.2) is 0 Å². The maximum atomic E-state index is 12.8. The average Bonchev–Trinajstić information content (AvgIpc) is 2.52. The van der Waals surface area contributed by atoms with Crippen LogP contribution in [0, 0.1) is 10.1 Å². The first-order chi connectivity index (χ1) is 11.9. The van der Waals surface area contributed by atoms with E-state index in [-0.39, 0.29) is 33.6 Å². The van der Waals surface area contributed by atoms with Gasteiger partial charge in [-0.2, -0.15) is 8.42 Å². The van der Waals surface area contributed by atoms with E-state index in [0.29, 0.717) is 6.07 Å². The Bertz CT molecular complexity index is 1160. The monoisotopic (exact) mass is 452 g/mol. The minimum atomic E-state index is -5.00. The van der Waals surface area contributed by atoms with Gasteiger partial charge in [0.2, 0.25) is 5.78 Å². The molecule has 13 heteroatoms. The van der Waals surface area contributed by atoms with Crippen molar-refractivity contribution < 1.29 is 27.5 Å². The van der Waals surface area contributed by atoms with Crippen molar-refractivity contribution in [2.45, 2.75) is 4.90 Å². The van der Waals surface area contributed by atoms with E-state index in [4.69, 9.17) is 28.9 Å². The molecule has 0 bridgehead atoms. The van der Waals surface area contributed by atoms with E-state index in [1.165, 1.54) is 0 Å². The highest BCUT2D eigenvalue weighted by atomic mass is 35.5. The number of nitro benzene ring substituents is 1. The lowest BCUT2D eigenvalue weighted by molar-refractivity contribution is -0.385. The zero-order valence-corrected chi connectivity index (χ0v) is 15.9. The minimum Gasteiger partial charge on any atom is -0.397 e. The molecule has 9 nitrogen and oxygen atoms in total. The second-order valence-electron chi connectivity index (χ2n) is 5.26. The van der Waals surface area contributed by atoms with Crippen LogP contribution in [0.4, 0.5) is 11.4 Å². The number of hydrogen-bond donors (Lipinski definition) is 2. The number of anilines is 1. The number of benzene rings is 2. The number of nitrogens with zero attached hydrogens (tertiary/aromatic N) is 1. The highest BCUT2D eigenvalue weighted by molar-refractivity contribution is 7.86. The summed E-state index contributed by atoms with van der Waals surface area (Å²) in [6.07, 6.45) is 0. The van der Waals surface area contributed by atoms with Crippen molar-refractivity contribution in [2.24, 2.45) is 0 Å². The predicted octanol–water partition coefficient (Wildman–Crippen LogP) is 2.93. The maximum absolute atomic E-state index is 12.8. The Morgan fingerprint density at radius 3 is 1.85 bits per heavy atom. The number of rotatable bonds is 2. The third-order valence-electron chi connectivity index (χ3n) is 3.79. The van der Waals surface area contributed by atoms with Crippen LogP contribution in [0.25, 0.3) is 0 Å². The zero-order chi connectivity index (χ0) is 19.5. The largest absolute Gasteiger partial charge is 0.397 e. The second kappa shape index (κ2) is 6.73. The van der Waals surface area contributed by atoms with Crippen LogP contribution in [-0.2, 0) is 10.1 Å². The number of nitrogen functional groups attached to an aromatic ring is 1. The predicted molar refractivity (Wildman–Crippen MR) is 97.9 cm³/mol. The fraction of sp³-hybridized carbons (Fsp3) is 0. The first kappa shape index (κ1) is 21.1. The molecular weight excluding hydrogens is 447 g/mol. The number of nitrogens with two attached hydrogens (primary N) is 1. The van der Waals surface area contributed by atoms with E-state index in [0.717, 1.165) is 12.1 Å². The molecule has 1 aliphatic carbocycles. The number of nitro groups is 1. The summed E-state index contributed by atoms with van der Waals surface area (Å²) in [5.74, 6) is -1.91. The summed E-state index contributed by atoms with van der Waals surface area (Å²) in [5.41, 5.74) is 2.02. The van der Waals surface area contributed by atoms with Crippen LogP contribution in [-0.4, -0.2) is 29.5 Å². The number of halogens is 3. The van der Waals surface area contributed by atoms with E-state index in [9.17, 15) is 32.7 Å². The molecule has 0 atom stereocenters. The number of carbonyl (C=O) groups is 2. The summed E-state index contributed by atoms with van der Waals surface area (Å²) < 4.78 is 32.2. The quantitative estimate of drug-likeness (QED) is 0.259. The summed E-state index contributed by atoms with van der Waals surface area (Å²) in [6, 6.07) is 2.59. The molecule has 0 spiro atoms. The molecule has 2 aromatic carbocycles. The van der Waals surface area contributed by atoms with Gasteiger partial charge in [0.05, 0.1) is 26.2 Å². The van der Waals surface area contributed by atoms with Crippen LogP contribution in [0.1, 0.15) is 31.8 Å². The van der Waals surface area contributed by atoms with Gasteiger partial charge in [-0.1, -0.05) is 23.2 Å². The smallest absolute Gasteiger partial charge is 0.296 e. The first-order valence-corrected chi connectivity index (χ1v) is 8.81. The van der Waals surface area contributed by atoms with Gasteiger partial charge in [0.15, 0.2) is 5.78 Å². The van der Waals surface area contributed by atoms with Crippen LogP contribution in [0.2, 0.25) is 10.0 Å². The SMILES string of the molecule is Cl.Nc1c(S(=O)(=O)O)cc([N+](=O)[O-])c2c1C(=O)c1cc(Cl)c(Cl)cc1C2=O. The van der Waals surface area contributed by atoms with Gasteiger partial charge < -0.3 is 5.73 Å². The molecule has 0 unspecified atom stereocenters. The van der Waals surface area contributed by atoms with E-state index in [1.807, 2.05) is 0 Å². The maximum Gasteiger partial charge on any atom is 0.296 e. The molecule has 0 amide bonds. The van der Waals surface area contributed by atoms with Crippen molar-refractivity contribution in [3.05, 3.63) is 60.6 Å². The Morgan fingerprint density at radius 1 is 1.00 bits per heavy atom. The lowest BCUT2D eigenvalue weighted by atomic mass is 9.82. The highest BCUT2D eigenvalue weighted by Gasteiger charge is 2.40. The van der Waals surface area contributed by atoms with Gasteiger partial charge in [0, 0.05) is 17.2 Å². The topological polar surface area (TPSA) is 158 Å². The van der Waals surface area contributed by atoms with Crippen molar-refractivity contribution >= 4 is 68.7 Å². The van der Waals surface area contributed by atoms with Gasteiger partial charge >= 0.3 is 0 Å². The standard InChI is InChI=1S/C14H6Cl2N2O7S.ClH/c15-6-1-4-5(2-7(6)16)14(20)11-10(13(4)19)8(18(21)22)3-9(12(11)17)26(23,24)25;/h1-3H,17H2,(H,23,24,25);1H.